The van der Waals surface area contributed by atoms with E-state index in [-0.39, 0.29) is 44.7 Å². The fourth-order valence-corrected chi connectivity index (χ4v) is 6.71. The molecule has 0 saturated carbocycles. The molecule has 13 nitrogen and oxygen atoms in total. The first-order valence-corrected chi connectivity index (χ1v) is 17.3. The van der Waals surface area contributed by atoms with Gasteiger partial charge in [0.15, 0.2) is 11.2 Å². The standard InChI is InChI=1S/C38H39ClN6O7/c1-37(2,3)52-36(47)44-18-28-30(48-19-25-14-16-27(39)17-15-25)38(21-44,22-50-34(46)26-12-8-5-9-13-26)51-33(28)45-23-41-29-31(45)42-35(40)43-32(29)49-20-24-10-6-4-7-11-24/h4-17,23,28,30,33H,18-22H2,1-3H3,(H2,40,42,43)/t28-,30+,33-,38-/m1/s1. The monoisotopic (exact) mass is 726 g/mol. The normalized spacial score (nSPS) is 21.2. The molecule has 2 bridgehead atoms. The van der Waals surface area contributed by atoms with E-state index >= 15 is 0 Å². The molecule has 2 aliphatic heterocycles. The van der Waals surface area contributed by atoms with Crippen molar-refractivity contribution in [3.8, 4) is 5.88 Å². The molecule has 1 amide bonds. The zero-order chi connectivity index (χ0) is 36.5. The number of esters is 1. The summed E-state index contributed by atoms with van der Waals surface area (Å²) in [6.45, 7) is 5.82. The molecule has 270 valence electrons. The van der Waals surface area contributed by atoms with Gasteiger partial charge in [-0.25, -0.2) is 14.6 Å². The second-order valence-corrected chi connectivity index (χ2v) is 14.3. The summed E-state index contributed by atoms with van der Waals surface area (Å²) in [6, 6.07) is 25.6. The number of carbonyl (C=O) groups excluding carboxylic acids is 2. The number of amides is 1. The number of piperidine rings is 1. The van der Waals surface area contributed by atoms with Gasteiger partial charge in [-0.2, -0.15) is 9.97 Å². The smallest absolute Gasteiger partial charge is 0.410 e. The number of likely N-dealkylation sites (tertiary alicyclic amines) is 1. The number of benzene rings is 3. The number of carbonyl (C=O) groups is 2. The maximum atomic E-state index is 13.7. The summed E-state index contributed by atoms with van der Waals surface area (Å²) in [5, 5.41) is 0.600. The van der Waals surface area contributed by atoms with Crippen molar-refractivity contribution in [2.24, 2.45) is 5.92 Å². The van der Waals surface area contributed by atoms with Gasteiger partial charge in [0.05, 0.1) is 31.0 Å². The number of nitrogens with two attached hydrogens (primary N) is 1. The fraction of sp³-hybridized carbons (Fsp3) is 0.342. The van der Waals surface area contributed by atoms with Crippen molar-refractivity contribution >= 4 is 40.8 Å². The van der Waals surface area contributed by atoms with Gasteiger partial charge in [-0.3, -0.25) is 4.57 Å². The zero-order valence-electron chi connectivity index (χ0n) is 29.0. The van der Waals surface area contributed by atoms with E-state index in [1.165, 1.54) is 0 Å². The third kappa shape index (κ3) is 7.52. The predicted octanol–water partition coefficient (Wildman–Crippen LogP) is 6.22. The SMILES string of the molecule is CC(C)(C)OC(=O)N1C[C@H]2[C@H](n3cnc4c(OCc5ccccc5)nc(N)nc43)O[C@@](COC(=O)c3ccccc3)(C1)[C@H]2OCc1ccc(Cl)cc1. The van der Waals surface area contributed by atoms with Gasteiger partial charge in [-0.05, 0) is 56.2 Å². The second-order valence-electron chi connectivity index (χ2n) is 13.9. The highest BCUT2D eigenvalue weighted by atomic mass is 35.5. The Morgan fingerprint density at radius 3 is 2.37 bits per heavy atom. The number of anilines is 1. The summed E-state index contributed by atoms with van der Waals surface area (Å²) in [7, 11) is 0. The van der Waals surface area contributed by atoms with Crippen molar-refractivity contribution in [1.29, 1.82) is 0 Å². The first-order valence-electron chi connectivity index (χ1n) is 16.9. The molecule has 2 saturated heterocycles. The highest BCUT2D eigenvalue weighted by Gasteiger charge is 2.62. The predicted molar refractivity (Wildman–Crippen MR) is 191 cm³/mol. The maximum absolute atomic E-state index is 13.7. The third-order valence-electron chi connectivity index (χ3n) is 8.87. The molecule has 4 heterocycles. The quantitative estimate of drug-likeness (QED) is 0.163. The Balaban J connectivity index is 1.26. The average Bonchev–Trinajstić information content (AvgIpc) is 3.62. The molecule has 2 N–H and O–H groups in total. The number of hydrogen-bond donors (Lipinski definition) is 1. The number of rotatable bonds is 10. The minimum Gasteiger partial charge on any atom is -0.471 e. The second kappa shape index (κ2) is 14.4. The largest absolute Gasteiger partial charge is 0.471 e. The summed E-state index contributed by atoms with van der Waals surface area (Å²) in [4.78, 5) is 42.0. The molecule has 4 atom stereocenters. The number of halogens is 1. The summed E-state index contributed by atoms with van der Waals surface area (Å²) in [6.07, 6.45) is -0.410. The molecule has 2 fully saturated rings. The number of nitrogens with zero attached hydrogens (tertiary/aromatic N) is 5. The van der Waals surface area contributed by atoms with E-state index in [0.717, 1.165) is 11.1 Å². The zero-order valence-corrected chi connectivity index (χ0v) is 29.7. The Hall–Kier alpha value is -5.24. The molecule has 3 aromatic carbocycles. The molecular formula is C38H39ClN6O7. The van der Waals surface area contributed by atoms with Crippen molar-refractivity contribution in [3.05, 3.63) is 113 Å². The van der Waals surface area contributed by atoms with Crippen molar-refractivity contribution in [1.82, 2.24) is 24.4 Å². The van der Waals surface area contributed by atoms with E-state index in [1.807, 2.05) is 48.5 Å². The van der Waals surface area contributed by atoms with Crippen molar-refractivity contribution in [3.63, 3.8) is 0 Å². The number of ether oxygens (including phenoxy) is 5. The summed E-state index contributed by atoms with van der Waals surface area (Å²) in [5.41, 5.74) is 7.06. The molecule has 7 rings (SSSR count). The van der Waals surface area contributed by atoms with Crippen LogP contribution in [0.3, 0.4) is 0 Å². The van der Waals surface area contributed by atoms with Gasteiger partial charge in [0.2, 0.25) is 11.8 Å². The maximum Gasteiger partial charge on any atom is 0.410 e. The van der Waals surface area contributed by atoms with Crippen molar-refractivity contribution in [2.75, 3.05) is 25.4 Å². The Labute approximate surface area is 305 Å². The first-order chi connectivity index (χ1) is 25.0. The van der Waals surface area contributed by atoms with Crippen LogP contribution >= 0.6 is 11.6 Å². The van der Waals surface area contributed by atoms with Crippen LogP contribution in [-0.4, -0.2) is 73.5 Å². The molecule has 0 spiro atoms. The minimum atomic E-state index is -1.33. The number of aromatic nitrogens is 4. The fourth-order valence-electron chi connectivity index (χ4n) is 6.59. The molecule has 0 unspecified atom stereocenters. The van der Waals surface area contributed by atoms with Crippen LogP contribution in [0.25, 0.3) is 11.2 Å². The van der Waals surface area contributed by atoms with Crippen LogP contribution in [0, 0.1) is 5.92 Å². The number of hydrogen-bond acceptors (Lipinski definition) is 11. The van der Waals surface area contributed by atoms with Crippen LogP contribution in [0.1, 0.15) is 48.5 Å². The van der Waals surface area contributed by atoms with Gasteiger partial charge >= 0.3 is 12.1 Å². The Morgan fingerprint density at radius 1 is 0.962 bits per heavy atom. The Kier molecular flexibility index (Phi) is 9.75. The van der Waals surface area contributed by atoms with Crippen LogP contribution in [0.15, 0.2) is 91.3 Å². The number of fused-ring (bicyclic) bond motifs is 3. The highest BCUT2D eigenvalue weighted by Crippen LogP contribution is 2.49. The van der Waals surface area contributed by atoms with E-state index in [2.05, 4.69) is 15.0 Å². The van der Waals surface area contributed by atoms with Gasteiger partial charge in [-0.1, -0.05) is 72.3 Å². The summed E-state index contributed by atoms with van der Waals surface area (Å²) in [5.74, 6) is -0.858. The van der Waals surface area contributed by atoms with Gasteiger partial charge in [0.25, 0.3) is 0 Å². The van der Waals surface area contributed by atoms with Gasteiger partial charge in [0, 0.05) is 11.6 Å². The lowest BCUT2D eigenvalue weighted by molar-refractivity contribution is -0.158. The van der Waals surface area contributed by atoms with Crippen LogP contribution in [0.2, 0.25) is 5.02 Å². The first kappa shape index (κ1) is 35.2. The molecule has 0 aliphatic carbocycles. The minimum absolute atomic E-state index is 0.0114. The third-order valence-corrected chi connectivity index (χ3v) is 9.12. The molecule has 5 aromatic rings. The van der Waals surface area contributed by atoms with Gasteiger partial charge in [-0.15, -0.1) is 0 Å². The van der Waals surface area contributed by atoms with Crippen LogP contribution in [-0.2, 0) is 32.2 Å². The number of imidazole rings is 1. The average molecular weight is 727 g/mol. The molecule has 0 radical (unpaired) electrons. The van der Waals surface area contributed by atoms with Gasteiger partial charge in [0.1, 0.15) is 36.7 Å². The highest BCUT2D eigenvalue weighted by molar-refractivity contribution is 6.30. The molecule has 2 aliphatic rings. The van der Waals surface area contributed by atoms with E-state index in [0.29, 0.717) is 21.7 Å². The lowest BCUT2D eigenvalue weighted by Gasteiger charge is -2.43. The van der Waals surface area contributed by atoms with E-state index in [1.54, 1.807) is 73.0 Å². The van der Waals surface area contributed by atoms with E-state index in [9.17, 15) is 9.59 Å². The lowest BCUT2D eigenvalue weighted by Crippen LogP contribution is -2.61. The molecule has 2 aromatic heterocycles. The van der Waals surface area contributed by atoms with E-state index < -0.39 is 41.5 Å². The Bertz CT molecular complexity index is 2040. The van der Waals surface area contributed by atoms with E-state index in [4.69, 9.17) is 41.0 Å². The van der Waals surface area contributed by atoms with Crippen LogP contribution < -0.4 is 10.5 Å². The Morgan fingerprint density at radius 2 is 1.65 bits per heavy atom. The van der Waals surface area contributed by atoms with Crippen molar-refractivity contribution in [2.45, 2.75) is 57.5 Å². The molecule has 52 heavy (non-hydrogen) atoms. The van der Waals surface area contributed by atoms with Crippen molar-refractivity contribution < 1.29 is 33.3 Å². The summed E-state index contributed by atoms with van der Waals surface area (Å²) >= 11 is 6.15. The molecular weight excluding hydrogens is 688 g/mol. The topological polar surface area (TPSA) is 153 Å². The van der Waals surface area contributed by atoms with Crippen LogP contribution in [0.4, 0.5) is 10.7 Å². The van der Waals surface area contributed by atoms with Gasteiger partial charge < -0.3 is 34.3 Å². The van der Waals surface area contributed by atoms with Crippen LogP contribution in [0.5, 0.6) is 5.88 Å². The molecule has 14 heteroatoms. The lowest BCUT2D eigenvalue weighted by atomic mass is 9.85. The summed E-state index contributed by atoms with van der Waals surface area (Å²) < 4.78 is 33.2. The number of nitrogen functional groups attached to an aromatic ring is 1.